The van der Waals surface area contributed by atoms with E-state index < -0.39 is 0 Å². The lowest BCUT2D eigenvalue weighted by atomic mass is 10.1. The second-order valence-electron chi connectivity index (χ2n) is 4.95. The maximum Gasteiger partial charge on any atom is 0.154 e. The van der Waals surface area contributed by atoms with Crippen LogP contribution in [-0.4, -0.2) is 9.97 Å². The van der Waals surface area contributed by atoms with Crippen LogP contribution in [0.15, 0.2) is 69.9 Å². The third-order valence-corrected chi connectivity index (χ3v) is 3.51. The maximum atomic E-state index is 8.90. The van der Waals surface area contributed by atoms with Crippen LogP contribution < -0.4 is 0 Å². The summed E-state index contributed by atoms with van der Waals surface area (Å²) in [6.45, 7) is 0. The Labute approximate surface area is 131 Å². The van der Waals surface area contributed by atoms with E-state index in [1.165, 1.54) is 0 Å². The number of nitrogens with one attached hydrogen (secondary N) is 1. The van der Waals surface area contributed by atoms with Gasteiger partial charge in [-0.05, 0) is 48.5 Å². The normalized spacial score (nSPS) is 10.6. The number of furan rings is 2. The van der Waals surface area contributed by atoms with Gasteiger partial charge in [-0.2, -0.15) is 5.26 Å². The summed E-state index contributed by atoms with van der Waals surface area (Å²) >= 11 is 0. The highest BCUT2D eigenvalue weighted by Gasteiger charge is 2.18. The molecule has 0 saturated carbocycles. The zero-order valence-corrected chi connectivity index (χ0v) is 12.0. The standard InChI is InChI=1S/C18H11N3O2/c19-11-12-5-7-13(8-6-12)18-20-16(14-3-1-9-22-14)17(21-18)15-4-2-10-23-15/h1-10H,(H,20,21). The Kier molecular flexibility index (Phi) is 3.06. The minimum Gasteiger partial charge on any atom is -0.463 e. The number of nitriles is 1. The topological polar surface area (TPSA) is 78.8 Å². The number of aromatic amines is 1. The van der Waals surface area contributed by atoms with Gasteiger partial charge in [-0.25, -0.2) is 4.98 Å². The monoisotopic (exact) mass is 301 g/mol. The van der Waals surface area contributed by atoms with Crippen molar-refractivity contribution >= 4 is 0 Å². The number of rotatable bonds is 3. The second-order valence-corrected chi connectivity index (χ2v) is 4.95. The minimum absolute atomic E-state index is 0.609. The molecule has 0 atom stereocenters. The van der Waals surface area contributed by atoms with Gasteiger partial charge in [0.1, 0.15) is 17.2 Å². The molecule has 5 heteroatoms. The summed E-state index contributed by atoms with van der Waals surface area (Å²) in [5, 5.41) is 8.90. The summed E-state index contributed by atoms with van der Waals surface area (Å²) in [5.41, 5.74) is 2.93. The predicted molar refractivity (Wildman–Crippen MR) is 84.1 cm³/mol. The summed E-state index contributed by atoms with van der Waals surface area (Å²) in [7, 11) is 0. The molecule has 3 heterocycles. The first kappa shape index (κ1) is 13.2. The van der Waals surface area contributed by atoms with Gasteiger partial charge in [-0.1, -0.05) is 0 Å². The van der Waals surface area contributed by atoms with Gasteiger partial charge < -0.3 is 13.8 Å². The van der Waals surface area contributed by atoms with E-state index in [-0.39, 0.29) is 0 Å². The molecular weight excluding hydrogens is 290 g/mol. The molecule has 1 N–H and O–H groups in total. The summed E-state index contributed by atoms with van der Waals surface area (Å²) in [4.78, 5) is 7.92. The molecular formula is C18H11N3O2. The van der Waals surface area contributed by atoms with Crippen molar-refractivity contribution in [1.29, 1.82) is 5.26 Å². The quantitative estimate of drug-likeness (QED) is 0.605. The molecule has 0 aliphatic rings. The Balaban J connectivity index is 1.86. The highest BCUT2D eigenvalue weighted by atomic mass is 16.3. The molecule has 0 radical (unpaired) electrons. The summed E-state index contributed by atoms with van der Waals surface area (Å²) in [6.07, 6.45) is 3.22. The van der Waals surface area contributed by atoms with Gasteiger partial charge in [0.2, 0.25) is 0 Å². The van der Waals surface area contributed by atoms with E-state index in [4.69, 9.17) is 14.1 Å². The van der Waals surface area contributed by atoms with Crippen molar-refractivity contribution in [3.05, 3.63) is 66.6 Å². The van der Waals surface area contributed by atoms with Crippen LogP contribution in [0.4, 0.5) is 0 Å². The van der Waals surface area contributed by atoms with E-state index >= 15 is 0 Å². The van der Waals surface area contributed by atoms with Crippen LogP contribution in [0.3, 0.4) is 0 Å². The van der Waals surface area contributed by atoms with E-state index in [1.807, 2.05) is 36.4 Å². The van der Waals surface area contributed by atoms with Crippen molar-refractivity contribution in [2.24, 2.45) is 0 Å². The van der Waals surface area contributed by atoms with E-state index in [1.54, 1.807) is 24.7 Å². The SMILES string of the molecule is N#Cc1ccc(-c2nc(-c3ccco3)c(-c3ccco3)[nH]2)cc1. The Morgan fingerprint density at radius 3 is 2.22 bits per heavy atom. The summed E-state index contributed by atoms with van der Waals surface area (Å²) < 4.78 is 11.0. The number of hydrogen-bond acceptors (Lipinski definition) is 4. The smallest absolute Gasteiger partial charge is 0.154 e. The molecule has 4 aromatic rings. The fraction of sp³-hybridized carbons (Fsp3) is 0. The Hall–Kier alpha value is -3.52. The molecule has 0 aliphatic carbocycles. The second kappa shape index (κ2) is 5.35. The van der Waals surface area contributed by atoms with Gasteiger partial charge in [-0.3, -0.25) is 0 Å². The number of hydrogen-bond donors (Lipinski definition) is 1. The molecule has 1 aromatic carbocycles. The van der Waals surface area contributed by atoms with Crippen molar-refractivity contribution in [2.75, 3.05) is 0 Å². The molecule has 0 fully saturated rings. The Morgan fingerprint density at radius 1 is 0.913 bits per heavy atom. The van der Waals surface area contributed by atoms with E-state index in [9.17, 15) is 0 Å². The van der Waals surface area contributed by atoms with Crippen molar-refractivity contribution in [2.45, 2.75) is 0 Å². The van der Waals surface area contributed by atoms with Crippen LogP contribution in [0, 0.1) is 11.3 Å². The molecule has 0 saturated heterocycles. The summed E-state index contributed by atoms with van der Waals surface area (Å²) in [6, 6.07) is 16.7. The molecule has 0 unspecified atom stereocenters. The van der Waals surface area contributed by atoms with Crippen LogP contribution >= 0.6 is 0 Å². The fourth-order valence-electron chi connectivity index (χ4n) is 2.40. The van der Waals surface area contributed by atoms with E-state index in [2.05, 4.69) is 16.0 Å². The van der Waals surface area contributed by atoms with Gasteiger partial charge in [-0.15, -0.1) is 0 Å². The average Bonchev–Trinajstić information content (AvgIpc) is 3.34. The Morgan fingerprint density at radius 2 is 1.61 bits per heavy atom. The molecule has 0 aliphatic heterocycles. The fourth-order valence-corrected chi connectivity index (χ4v) is 2.40. The molecule has 5 nitrogen and oxygen atoms in total. The van der Waals surface area contributed by atoms with Crippen LogP contribution in [-0.2, 0) is 0 Å². The van der Waals surface area contributed by atoms with Crippen LogP contribution in [0.1, 0.15) is 5.56 Å². The molecule has 0 bridgehead atoms. The molecule has 110 valence electrons. The third kappa shape index (κ3) is 2.32. The summed E-state index contributed by atoms with van der Waals surface area (Å²) in [5.74, 6) is 2.03. The number of aromatic nitrogens is 2. The molecule has 3 aromatic heterocycles. The highest BCUT2D eigenvalue weighted by molar-refractivity contribution is 5.76. The van der Waals surface area contributed by atoms with Crippen molar-refractivity contribution in [3.8, 4) is 40.4 Å². The first-order valence-corrected chi connectivity index (χ1v) is 7.03. The third-order valence-electron chi connectivity index (χ3n) is 3.51. The lowest BCUT2D eigenvalue weighted by Crippen LogP contribution is -1.81. The van der Waals surface area contributed by atoms with Gasteiger partial charge in [0.15, 0.2) is 11.5 Å². The highest BCUT2D eigenvalue weighted by Crippen LogP contribution is 2.33. The first-order chi connectivity index (χ1) is 11.3. The molecule has 0 amide bonds. The lowest BCUT2D eigenvalue weighted by Gasteiger charge is -1.96. The molecule has 23 heavy (non-hydrogen) atoms. The average molecular weight is 301 g/mol. The maximum absolute atomic E-state index is 8.90. The van der Waals surface area contributed by atoms with Gasteiger partial charge >= 0.3 is 0 Å². The zero-order chi connectivity index (χ0) is 15.6. The largest absolute Gasteiger partial charge is 0.463 e. The number of nitrogens with zero attached hydrogens (tertiary/aromatic N) is 2. The van der Waals surface area contributed by atoms with Gasteiger partial charge in [0.25, 0.3) is 0 Å². The number of imidazole rings is 1. The van der Waals surface area contributed by atoms with Crippen molar-refractivity contribution < 1.29 is 8.83 Å². The van der Waals surface area contributed by atoms with Gasteiger partial charge in [0.05, 0.1) is 24.2 Å². The molecule has 0 spiro atoms. The van der Waals surface area contributed by atoms with E-state index in [0.29, 0.717) is 28.6 Å². The number of H-pyrrole nitrogens is 1. The van der Waals surface area contributed by atoms with E-state index in [0.717, 1.165) is 11.3 Å². The Bertz CT molecular complexity index is 905. The van der Waals surface area contributed by atoms with Crippen LogP contribution in [0.25, 0.3) is 34.3 Å². The number of benzene rings is 1. The van der Waals surface area contributed by atoms with Gasteiger partial charge in [0, 0.05) is 5.56 Å². The van der Waals surface area contributed by atoms with Crippen molar-refractivity contribution in [1.82, 2.24) is 9.97 Å². The minimum atomic E-state index is 0.609. The zero-order valence-electron chi connectivity index (χ0n) is 12.0. The molecule has 4 rings (SSSR count). The lowest BCUT2D eigenvalue weighted by molar-refractivity contribution is 0.573. The van der Waals surface area contributed by atoms with Crippen LogP contribution in [0.2, 0.25) is 0 Å². The first-order valence-electron chi connectivity index (χ1n) is 7.03. The predicted octanol–water partition coefficient (Wildman–Crippen LogP) is 4.47. The van der Waals surface area contributed by atoms with Crippen LogP contribution in [0.5, 0.6) is 0 Å². The van der Waals surface area contributed by atoms with Crippen molar-refractivity contribution in [3.63, 3.8) is 0 Å².